The van der Waals surface area contributed by atoms with Crippen LogP contribution in [0.2, 0.25) is 0 Å². The molecule has 0 bridgehead atoms. The van der Waals surface area contributed by atoms with Gasteiger partial charge in [-0.3, -0.25) is 4.79 Å². The quantitative estimate of drug-likeness (QED) is 0.857. The molecule has 1 N–H and O–H groups in total. The Morgan fingerprint density at radius 3 is 2.52 bits per heavy atom. The van der Waals surface area contributed by atoms with Gasteiger partial charge in [0.25, 0.3) is 0 Å². The second-order valence-electron chi connectivity index (χ2n) is 6.71. The fourth-order valence-corrected chi connectivity index (χ4v) is 3.72. The van der Waals surface area contributed by atoms with Crippen molar-refractivity contribution in [1.29, 1.82) is 0 Å². The molecule has 0 radical (unpaired) electrons. The maximum absolute atomic E-state index is 12.7. The molecule has 1 atom stereocenters. The number of nitrogens with zero attached hydrogens (tertiary/aromatic N) is 4. The smallest absolute Gasteiger partial charge is 0.328 e. The van der Waals surface area contributed by atoms with Crippen molar-refractivity contribution < 1.29 is 14.7 Å². The molecule has 0 aromatic carbocycles. The summed E-state index contributed by atoms with van der Waals surface area (Å²) in [6, 6.07) is -0.824. The Labute approximate surface area is 135 Å². The SMILES string of the molecule is Cc1nnc2n1CC(C(=O)O)N(C(=O)CC1CCCCCC1)C2. The Bertz CT molecular complexity index is 590. The molecular formula is C16H24N4O3. The van der Waals surface area contributed by atoms with Gasteiger partial charge in [0, 0.05) is 6.42 Å². The summed E-state index contributed by atoms with van der Waals surface area (Å²) in [5.41, 5.74) is 0. The number of carbonyl (C=O) groups excluding carboxylic acids is 1. The van der Waals surface area contributed by atoms with E-state index < -0.39 is 12.0 Å². The summed E-state index contributed by atoms with van der Waals surface area (Å²) in [7, 11) is 0. The van der Waals surface area contributed by atoms with E-state index in [4.69, 9.17) is 0 Å². The highest BCUT2D eigenvalue weighted by Crippen LogP contribution is 2.27. The molecule has 1 aliphatic carbocycles. The molecule has 7 heteroatoms. The van der Waals surface area contributed by atoms with Crippen LogP contribution in [-0.2, 0) is 22.7 Å². The molecule has 126 valence electrons. The van der Waals surface area contributed by atoms with Crippen molar-refractivity contribution in [3.8, 4) is 0 Å². The van der Waals surface area contributed by atoms with E-state index in [0.29, 0.717) is 24.0 Å². The molecule has 1 aromatic heterocycles. The first kappa shape index (κ1) is 16.0. The maximum atomic E-state index is 12.7. The lowest BCUT2D eigenvalue weighted by Gasteiger charge is -2.34. The van der Waals surface area contributed by atoms with E-state index >= 15 is 0 Å². The zero-order chi connectivity index (χ0) is 16.4. The third kappa shape index (κ3) is 3.38. The first-order valence-corrected chi connectivity index (χ1v) is 8.47. The Morgan fingerprint density at radius 2 is 1.87 bits per heavy atom. The molecule has 1 fully saturated rings. The Morgan fingerprint density at radius 1 is 1.17 bits per heavy atom. The summed E-state index contributed by atoms with van der Waals surface area (Å²) in [6.07, 6.45) is 7.45. The predicted octanol–water partition coefficient (Wildman–Crippen LogP) is 1.74. The number of rotatable bonds is 3. The highest BCUT2D eigenvalue weighted by molar-refractivity contribution is 5.84. The van der Waals surface area contributed by atoms with E-state index in [0.717, 1.165) is 12.8 Å². The summed E-state index contributed by atoms with van der Waals surface area (Å²) < 4.78 is 1.80. The number of carbonyl (C=O) groups is 2. The minimum absolute atomic E-state index is 0.0591. The summed E-state index contributed by atoms with van der Waals surface area (Å²) in [5, 5.41) is 17.6. The molecule has 3 rings (SSSR count). The molecule has 1 saturated carbocycles. The topological polar surface area (TPSA) is 88.3 Å². The number of aryl methyl sites for hydroxylation is 1. The van der Waals surface area contributed by atoms with Crippen molar-refractivity contribution in [2.45, 2.75) is 71.0 Å². The van der Waals surface area contributed by atoms with Crippen LogP contribution in [0.25, 0.3) is 0 Å². The lowest BCUT2D eigenvalue weighted by molar-refractivity contribution is -0.153. The monoisotopic (exact) mass is 320 g/mol. The highest BCUT2D eigenvalue weighted by Gasteiger charge is 2.36. The van der Waals surface area contributed by atoms with E-state index in [1.165, 1.54) is 30.6 Å². The third-order valence-corrected chi connectivity index (χ3v) is 5.10. The zero-order valence-electron chi connectivity index (χ0n) is 13.6. The summed E-state index contributed by atoms with van der Waals surface area (Å²) in [6.45, 7) is 2.28. The van der Waals surface area contributed by atoms with E-state index in [2.05, 4.69) is 10.2 Å². The van der Waals surface area contributed by atoms with Gasteiger partial charge in [-0.1, -0.05) is 25.7 Å². The molecule has 1 amide bonds. The van der Waals surface area contributed by atoms with Gasteiger partial charge in [-0.2, -0.15) is 0 Å². The average molecular weight is 320 g/mol. The summed E-state index contributed by atoms with van der Waals surface area (Å²) >= 11 is 0. The largest absolute Gasteiger partial charge is 0.480 e. The number of aliphatic carboxylic acids is 1. The molecule has 1 aromatic rings. The molecule has 7 nitrogen and oxygen atoms in total. The number of carboxylic acids is 1. The van der Waals surface area contributed by atoms with Crippen molar-refractivity contribution in [2.75, 3.05) is 0 Å². The second-order valence-corrected chi connectivity index (χ2v) is 6.71. The first-order chi connectivity index (χ1) is 11.1. The van der Waals surface area contributed by atoms with Gasteiger partial charge in [0.2, 0.25) is 5.91 Å². The third-order valence-electron chi connectivity index (χ3n) is 5.10. The van der Waals surface area contributed by atoms with Crippen LogP contribution >= 0.6 is 0 Å². The number of aromatic nitrogens is 3. The normalized spacial score (nSPS) is 22.5. The van der Waals surface area contributed by atoms with Crippen molar-refractivity contribution in [2.24, 2.45) is 5.92 Å². The van der Waals surface area contributed by atoms with Gasteiger partial charge in [-0.05, 0) is 25.7 Å². The second kappa shape index (κ2) is 6.68. The van der Waals surface area contributed by atoms with Crippen molar-refractivity contribution in [1.82, 2.24) is 19.7 Å². The van der Waals surface area contributed by atoms with Crippen molar-refractivity contribution in [3.05, 3.63) is 11.6 Å². The van der Waals surface area contributed by atoms with Gasteiger partial charge in [0.15, 0.2) is 5.82 Å². The van der Waals surface area contributed by atoms with E-state index in [9.17, 15) is 14.7 Å². The average Bonchev–Trinajstić information content (AvgIpc) is 2.73. The lowest BCUT2D eigenvalue weighted by Crippen LogP contribution is -2.51. The zero-order valence-corrected chi connectivity index (χ0v) is 13.6. The van der Waals surface area contributed by atoms with Gasteiger partial charge < -0.3 is 14.6 Å². The molecular weight excluding hydrogens is 296 g/mol. The van der Waals surface area contributed by atoms with Crippen LogP contribution in [-0.4, -0.2) is 42.7 Å². The first-order valence-electron chi connectivity index (χ1n) is 8.47. The number of hydrogen-bond acceptors (Lipinski definition) is 4. The van der Waals surface area contributed by atoms with E-state index in [1.807, 2.05) is 0 Å². The van der Waals surface area contributed by atoms with Crippen LogP contribution in [0.4, 0.5) is 0 Å². The van der Waals surface area contributed by atoms with Crippen LogP contribution in [0, 0.1) is 12.8 Å². The molecule has 1 aliphatic heterocycles. The Balaban J connectivity index is 1.73. The number of carboxylic acid groups (broad SMARTS) is 1. The van der Waals surface area contributed by atoms with E-state index in [1.54, 1.807) is 11.5 Å². The minimum Gasteiger partial charge on any atom is -0.480 e. The lowest BCUT2D eigenvalue weighted by atomic mass is 9.95. The van der Waals surface area contributed by atoms with Crippen LogP contribution in [0.1, 0.15) is 56.6 Å². The van der Waals surface area contributed by atoms with Crippen LogP contribution in [0.15, 0.2) is 0 Å². The molecule has 23 heavy (non-hydrogen) atoms. The van der Waals surface area contributed by atoms with Gasteiger partial charge >= 0.3 is 5.97 Å². The fraction of sp³-hybridized carbons (Fsp3) is 0.750. The van der Waals surface area contributed by atoms with E-state index in [-0.39, 0.29) is 19.0 Å². The van der Waals surface area contributed by atoms with Crippen molar-refractivity contribution >= 4 is 11.9 Å². The van der Waals surface area contributed by atoms with Crippen molar-refractivity contribution in [3.63, 3.8) is 0 Å². The number of amides is 1. The Kier molecular flexibility index (Phi) is 4.63. The number of hydrogen-bond donors (Lipinski definition) is 1. The summed E-state index contributed by atoms with van der Waals surface area (Å²) in [5.74, 6) is 0.742. The molecule has 1 unspecified atom stereocenters. The fourth-order valence-electron chi connectivity index (χ4n) is 3.72. The van der Waals surface area contributed by atoms with Crippen LogP contribution in [0.5, 0.6) is 0 Å². The van der Waals surface area contributed by atoms with Gasteiger partial charge in [-0.15, -0.1) is 10.2 Å². The minimum atomic E-state index is -0.960. The van der Waals surface area contributed by atoms with Crippen LogP contribution < -0.4 is 0 Å². The molecule has 0 spiro atoms. The highest BCUT2D eigenvalue weighted by atomic mass is 16.4. The van der Waals surface area contributed by atoms with Gasteiger partial charge in [0.1, 0.15) is 11.9 Å². The van der Waals surface area contributed by atoms with Gasteiger partial charge in [-0.25, -0.2) is 4.79 Å². The molecule has 0 saturated heterocycles. The standard InChI is InChI=1S/C16H24N4O3/c1-11-17-18-14-10-20(13(16(22)23)9-19(11)14)15(21)8-12-6-4-2-3-5-7-12/h12-13H,2-10H2,1H3,(H,22,23). The summed E-state index contributed by atoms with van der Waals surface area (Å²) in [4.78, 5) is 25.8. The Hall–Kier alpha value is -1.92. The van der Waals surface area contributed by atoms with Gasteiger partial charge in [0.05, 0.1) is 13.1 Å². The molecule has 2 aliphatic rings. The predicted molar refractivity (Wildman–Crippen MR) is 82.5 cm³/mol. The van der Waals surface area contributed by atoms with Crippen LogP contribution in [0.3, 0.4) is 0 Å². The maximum Gasteiger partial charge on any atom is 0.328 e. The number of fused-ring (bicyclic) bond motifs is 1. The molecule has 2 heterocycles.